The maximum absolute atomic E-state index is 12.3. The third-order valence-electron chi connectivity index (χ3n) is 3.19. The van der Waals surface area contributed by atoms with E-state index in [0.717, 1.165) is 15.4 Å². The molecule has 0 bridgehead atoms. The molecule has 0 atom stereocenters. The first-order chi connectivity index (χ1) is 11.4. The van der Waals surface area contributed by atoms with Gasteiger partial charge in [-0.2, -0.15) is 0 Å². The number of ether oxygens (including phenoxy) is 2. The molecule has 0 aliphatic carbocycles. The lowest BCUT2D eigenvalue weighted by atomic mass is 10.2. The molecule has 124 valence electrons. The smallest absolute Gasteiger partial charge is 0.488 e. The van der Waals surface area contributed by atoms with E-state index in [-0.39, 0.29) is 12.4 Å². The Morgan fingerprint density at radius 3 is 2.67 bits per heavy atom. The largest absolute Gasteiger partial charge is 0.573 e. The molecule has 0 saturated carbocycles. The lowest BCUT2D eigenvalue weighted by molar-refractivity contribution is -0.274. The Labute approximate surface area is 144 Å². The molecule has 2 aromatic carbocycles. The van der Waals surface area contributed by atoms with Crippen LogP contribution in [-0.4, -0.2) is 11.3 Å². The second-order valence-corrected chi connectivity index (χ2v) is 5.87. The van der Waals surface area contributed by atoms with Gasteiger partial charge in [0.05, 0.1) is 5.52 Å². The number of hydrogen-bond donors (Lipinski definition) is 0. The third-order valence-corrected chi connectivity index (χ3v) is 3.68. The van der Waals surface area contributed by atoms with Crippen LogP contribution in [0.25, 0.3) is 10.9 Å². The van der Waals surface area contributed by atoms with E-state index in [2.05, 4.69) is 25.7 Å². The van der Waals surface area contributed by atoms with Crippen molar-refractivity contribution in [2.24, 2.45) is 0 Å². The summed E-state index contributed by atoms with van der Waals surface area (Å²) in [6.07, 6.45) is -3.10. The van der Waals surface area contributed by atoms with Gasteiger partial charge in [-0.3, -0.25) is 4.98 Å². The van der Waals surface area contributed by atoms with Gasteiger partial charge in [0.15, 0.2) is 0 Å². The van der Waals surface area contributed by atoms with E-state index in [1.807, 2.05) is 18.2 Å². The number of rotatable bonds is 4. The number of aromatic nitrogens is 1. The Morgan fingerprint density at radius 2 is 1.88 bits per heavy atom. The van der Waals surface area contributed by atoms with E-state index in [4.69, 9.17) is 4.74 Å². The average molecular weight is 398 g/mol. The summed E-state index contributed by atoms with van der Waals surface area (Å²) in [7, 11) is 0. The van der Waals surface area contributed by atoms with Gasteiger partial charge in [0, 0.05) is 16.1 Å². The molecule has 0 amide bonds. The average Bonchev–Trinajstić information content (AvgIpc) is 2.51. The Hall–Kier alpha value is -2.28. The van der Waals surface area contributed by atoms with Gasteiger partial charge in [0.2, 0.25) is 0 Å². The summed E-state index contributed by atoms with van der Waals surface area (Å²) in [5.41, 5.74) is 1.33. The Bertz CT molecular complexity index is 868. The van der Waals surface area contributed by atoms with Crippen LogP contribution in [-0.2, 0) is 6.61 Å². The molecule has 7 heteroatoms. The molecule has 3 rings (SSSR count). The van der Waals surface area contributed by atoms with Crippen molar-refractivity contribution >= 4 is 26.8 Å². The predicted octanol–water partition coefficient (Wildman–Crippen LogP) is 5.47. The van der Waals surface area contributed by atoms with Crippen molar-refractivity contribution in [1.82, 2.24) is 4.98 Å². The molecule has 0 saturated heterocycles. The molecular weight excluding hydrogens is 387 g/mol. The van der Waals surface area contributed by atoms with Crippen LogP contribution in [0.2, 0.25) is 0 Å². The van der Waals surface area contributed by atoms with Crippen LogP contribution in [0.4, 0.5) is 13.2 Å². The molecular formula is C17H11BrF3NO2. The zero-order valence-electron chi connectivity index (χ0n) is 12.2. The highest BCUT2D eigenvalue weighted by Crippen LogP contribution is 2.28. The monoisotopic (exact) mass is 397 g/mol. The fraction of sp³-hybridized carbons (Fsp3) is 0.118. The van der Waals surface area contributed by atoms with Crippen molar-refractivity contribution in [2.45, 2.75) is 13.0 Å². The summed E-state index contributed by atoms with van der Waals surface area (Å²) < 4.78 is 47.3. The second-order valence-electron chi connectivity index (χ2n) is 4.95. The SMILES string of the molecule is FC(F)(F)Oc1cccc(COc2ccnc3cc(Br)ccc23)c1. The third kappa shape index (κ3) is 4.17. The number of pyridine rings is 1. The molecule has 0 fully saturated rings. The number of alkyl halides is 3. The Kier molecular flexibility index (Phi) is 4.62. The van der Waals surface area contributed by atoms with Crippen LogP contribution in [0.1, 0.15) is 5.56 Å². The van der Waals surface area contributed by atoms with Crippen LogP contribution in [0.15, 0.2) is 59.2 Å². The van der Waals surface area contributed by atoms with Gasteiger partial charge in [-0.25, -0.2) is 0 Å². The molecule has 0 aliphatic heterocycles. The van der Waals surface area contributed by atoms with Crippen LogP contribution in [0.3, 0.4) is 0 Å². The number of hydrogen-bond acceptors (Lipinski definition) is 3. The minimum absolute atomic E-state index is 0.115. The molecule has 3 nitrogen and oxygen atoms in total. The molecule has 1 aromatic heterocycles. The molecule has 0 unspecified atom stereocenters. The van der Waals surface area contributed by atoms with E-state index in [0.29, 0.717) is 11.3 Å². The Balaban J connectivity index is 1.78. The highest BCUT2D eigenvalue weighted by molar-refractivity contribution is 9.10. The first-order valence-corrected chi connectivity index (χ1v) is 7.72. The lowest BCUT2D eigenvalue weighted by Gasteiger charge is -2.12. The van der Waals surface area contributed by atoms with Gasteiger partial charge < -0.3 is 9.47 Å². The molecule has 0 radical (unpaired) electrons. The van der Waals surface area contributed by atoms with Crippen LogP contribution >= 0.6 is 15.9 Å². The van der Waals surface area contributed by atoms with E-state index < -0.39 is 6.36 Å². The van der Waals surface area contributed by atoms with Crippen LogP contribution in [0.5, 0.6) is 11.5 Å². The fourth-order valence-corrected chi connectivity index (χ4v) is 2.56. The van der Waals surface area contributed by atoms with E-state index in [9.17, 15) is 13.2 Å². The molecule has 1 heterocycles. The summed E-state index contributed by atoms with van der Waals surface area (Å²) in [5.74, 6) is 0.335. The summed E-state index contributed by atoms with van der Waals surface area (Å²) in [4.78, 5) is 4.26. The topological polar surface area (TPSA) is 31.4 Å². The first kappa shape index (κ1) is 16.6. The number of fused-ring (bicyclic) bond motifs is 1. The predicted molar refractivity (Wildman–Crippen MR) is 86.9 cm³/mol. The van der Waals surface area contributed by atoms with Crippen molar-refractivity contribution in [3.8, 4) is 11.5 Å². The zero-order valence-corrected chi connectivity index (χ0v) is 13.8. The second kappa shape index (κ2) is 6.68. The number of nitrogens with zero attached hydrogens (tertiary/aromatic N) is 1. The van der Waals surface area contributed by atoms with E-state index in [1.54, 1.807) is 18.3 Å². The van der Waals surface area contributed by atoms with Crippen molar-refractivity contribution in [3.05, 3.63) is 64.8 Å². The summed E-state index contributed by atoms with van der Waals surface area (Å²) in [5, 5.41) is 0.823. The first-order valence-electron chi connectivity index (χ1n) is 6.92. The van der Waals surface area contributed by atoms with Crippen molar-refractivity contribution in [1.29, 1.82) is 0 Å². The molecule has 0 aliphatic rings. The molecule has 3 aromatic rings. The van der Waals surface area contributed by atoms with E-state index in [1.165, 1.54) is 18.2 Å². The van der Waals surface area contributed by atoms with Gasteiger partial charge in [0.1, 0.15) is 18.1 Å². The summed E-state index contributed by atoms with van der Waals surface area (Å²) in [6, 6.07) is 13.0. The maximum atomic E-state index is 12.3. The lowest BCUT2D eigenvalue weighted by Crippen LogP contribution is -2.17. The maximum Gasteiger partial charge on any atom is 0.573 e. The molecule has 24 heavy (non-hydrogen) atoms. The van der Waals surface area contributed by atoms with Gasteiger partial charge in [-0.15, -0.1) is 13.2 Å². The van der Waals surface area contributed by atoms with Crippen molar-refractivity contribution in [3.63, 3.8) is 0 Å². The fourth-order valence-electron chi connectivity index (χ4n) is 2.21. The van der Waals surface area contributed by atoms with E-state index >= 15 is 0 Å². The quantitative estimate of drug-likeness (QED) is 0.584. The van der Waals surface area contributed by atoms with Crippen molar-refractivity contribution in [2.75, 3.05) is 0 Å². The summed E-state index contributed by atoms with van der Waals surface area (Å²) >= 11 is 3.38. The van der Waals surface area contributed by atoms with Gasteiger partial charge in [-0.1, -0.05) is 28.1 Å². The minimum Gasteiger partial charge on any atom is -0.488 e. The highest BCUT2D eigenvalue weighted by atomic mass is 79.9. The number of halogens is 4. The standard InChI is InChI=1S/C17H11BrF3NO2/c18-12-4-5-14-15(9-12)22-7-6-16(14)23-10-11-2-1-3-13(8-11)24-17(19,20)21/h1-9H,10H2. The highest BCUT2D eigenvalue weighted by Gasteiger charge is 2.31. The van der Waals surface area contributed by atoms with Gasteiger partial charge in [-0.05, 0) is 42.0 Å². The van der Waals surface area contributed by atoms with Gasteiger partial charge >= 0.3 is 6.36 Å². The number of benzene rings is 2. The summed E-state index contributed by atoms with van der Waals surface area (Å²) in [6.45, 7) is 0.115. The Morgan fingerprint density at radius 1 is 1.04 bits per heavy atom. The molecule has 0 N–H and O–H groups in total. The normalized spacial score (nSPS) is 11.5. The van der Waals surface area contributed by atoms with Crippen molar-refractivity contribution < 1.29 is 22.6 Å². The van der Waals surface area contributed by atoms with Crippen LogP contribution in [0, 0.1) is 0 Å². The zero-order chi connectivity index (χ0) is 17.2. The van der Waals surface area contributed by atoms with Gasteiger partial charge in [0.25, 0.3) is 0 Å². The molecule has 0 spiro atoms. The minimum atomic E-state index is -4.71. The van der Waals surface area contributed by atoms with Crippen LogP contribution < -0.4 is 9.47 Å².